The van der Waals surface area contributed by atoms with Gasteiger partial charge in [-0.1, -0.05) is 0 Å². The van der Waals surface area contributed by atoms with Crippen LogP contribution in [-0.2, 0) is 4.74 Å². The summed E-state index contributed by atoms with van der Waals surface area (Å²) in [6.07, 6.45) is 2.75. The maximum absolute atomic E-state index is 10.2. The molecule has 46 valence electrons. The molecule has 0 aliphatic heterocycles. The monoisotopic (exact) mass is 133 g/mol. The Morgan fingerprint density at radius 1 is 1.88 bits per heavy atom. The van der Waals surface area contributed by atoms with Crippen molar-refractivity contribution in [2.45, 2.75) is 0 Å². The molecular weight excluding hydrogens is 126 g/mol. The van der Waals surface area contributed by atoms with Gasteiger partial charge in [0.05, 0.1) is 0 Å². The minimum absolute atomic E-state index is 0.337. The first-order valence-electron chi connectivity index (χ1n) is 1.96. The average molecular weight is 133 g/mol. The third kappa shape index (κ3) is 3.67. The number of carbonyl (C=O) groups excluding carboxylic acids is 1. The van der Waals surface area contributed by atoms with Crippen molar-refractivity contribution in [3.8, 4) is 0 Å². The minimum Gasteiger partial charge on any atom is -0.407 e. The molecule has 0 saturated carbocycles. The molecule has 8 heavy (non-hydrogen) atoms. The molecule has 0 fully saturated rings. The molecule has 0 heterocycles. The second-order valence-electron chi connectivity index (χ2n) is 0.936. The van der Waals surface area contributed by atoms with Crippen molar-refractivity contribution in [2.75, 3.05) is 13.3 Å². The Labute approximate surface area is 52.1 Å². The van der Waals surface area contributed by atoms with E-state index in [2.05, 4.69) is 9.73 Å². The number of hydrogen-bond acceptors (Lipinski definition) is 4. The van der Waals surface area contributed by atoms with Crippen LogP contribution in [-0.4, -0.2) is 25.0 Å². The fourth-order valence-electron chi connectivity index (χ4n) is 0.144. The quantitative estimate of drug-likeness (QED) is 0.306. The fraction of sp³-hybridized carbons (Fsp3) is 0.500. The van der Waals surface area contributed by atoms with Crippen LogP contribution in [0.1, 0.15) is 0 Å². The van der Waals surface area contributed by atoms with Crippen LogP contribution < -0.4 is 0 Å². The van der Waals surface area contributed by atoms with E-state index < -0.39 is 0 Å². The maximum atomic E-state index is 10.2. The molecule has 0 aliphatic carbocycles. The van der Waals surface area contributed by atoms with E-state index in [-0.39, 0.29) is 5.30 Å². The first kappa shape index (κ1) is 7.49. The number of aliphatic imine (C=N–C) groups is 1. The summed E-state index contributed by atoms with van der Waals surface area (Å²) < 4.78 is 4.37. The van der Waals surface area contributed by atoms with Crippen LogP contribution in [0.5, 0.6) is 0 Å². The van der Waals surface area contributed by atoms with Crippen LogP contribution in [0.2, 0.25) is 0 Å². The second-order valence-corrected chi connectivity index (χ2v) is 1.68. The van der Waals surface area contributed by atoms with Crippen molar-refractivity contribution in [2.24, 2.45) is 4.99 Å². The lowest BCUT2D eigenvalue weighted by molar-refractivity contribution is 0.227. The summed E-state index contributed by atoms with van der Waals surface area (Å²) in [5, 5.41) is -0.337. The van der Waals surface area contributed by atoms with Crippen molar-refractivity contribution in [3.05, 3.63) is 0 Å². The Hall–Kier alpha value is -0.510. The van der Waals surface area contributed by atoms with Crippen LogP contribution >= 0.6 is 11.8 Å². The Balaban J connectivity index is 3.25. The molecule has 0 unspecified atom stereocenters. The molecule has 0 aromatic rings. The Morgan fingerprint density at radius 3 is 2.88 bits per heavy atom. The molecule has 0 N–H and O–H groups in total. The highest BCUT2D eigenvalue weighted by atomic mass is 32.2. The number of carbonyl (C=O) groups is 1. The van der Waals surface area contributed by atoms with Gasteiger partial charge in [0.15, 0.2) is 6.40 Å². The maximum Gasteiger partial charge on any atom is 0.373 e. The Bertz CT molecular complexity index is 102. The van der Waals surface area contributed by atoms with Crippen molar-refractivity contribution < 1.29 is 9.53 Å². The standard InChI is InChI=1S/C4H7NO2S/c1-5-3-7-4(6)8-2/h3H,1-2H3. The number of thioether (sulfide) groups is 1. The van der Waals surface area contributed by atoms with Crippen LogP contribution in [0, 0.1) is 0 Å². The highest BCUT2D eigenvalue weighted by molar-refractivity contribution is 8.12. The third-order valence-corrected chi connectivity index (χ3v) is 0.851. The summed E-state index contributed by atoms with van der Waals surface area (Å²) in [6.45, 7) is 0. The molecule has 0 spiro atoms. The van der Waals surface area contributed by atoms with Crippen LogP contribution in [0.25, 0.3) is 0 Å². The van der Waals surface area contributed by atoms with Gasteiger partial charge in [-0.25, -0.2) is 4.79 Å². The molecule has 0 aromatic carbocycles. The number of hydrogen-bond donors (Lipinski definition) is 0. The second kappa shape index (κ2) is 4.64. The lowest BCUT2D eigenvalue weighted by atomic mass is 11.3. The number of nitrogens with zero attached hydrogens (tertiary/aromatic N) is 1. The van der Waals surface area contributed by atoms with Gasteiger partial charge in [0.2, 0.25) is 0 Å². The molecule has 0 bridgehead atoms. The van der Waals surface area contributed by atoms with Crippen molar-refractivity contribution in [1.82, 2.24) is 0 Å². The van der Waals surface area contributed by atoms with Gasteiger partial charge in [-0.05, 0) is 18.0 Å². The summed E-state index contributed by atoms with van der Waals surface area (Å²) in [5.41, 5.74) is 0. The molecule has 0 aliphatic rings. The predicted octanol–water partition coefficient (Wildman–Crippen LogP) is 1.14. The van der Waals surface area contributed by atoms with E-state index in [0.717, 1.165) is 18.2 Å². The van der Waals surface area contributed by atoms with Gasteiger partial charge in [0.1, 0.15) is 0 Å². The lowest BCUT2D eigenvalue weighted by Crippen LogP contribution is -1.91. The molecule has 0 aromatic heterocycles. The molecule has 0 amide bonds. The van der Waals surface area contributed by atoms with E-state index in [1.165, 1.54) is 7.05 Å². The largest absolute Gasteiger partial charge is 0.407 e. The summed E-state index contributed by atoms with van der Waals surface area (Å²) in [6, 6.07) is 0. The SMILES string of the molecule is CN=COC(=O)SC. The summed E-state index contributed by atoms with van der Waals surface area (Å²) in [7, 11) is 1.54. The summed E-state index contributed by atoms with van der Waals surface area (Å²) in [4.78, 5) is 13.7. The zero-order chi connectivity index (χ0) is 6.41. The van der Waals surface area contributed by atoms with Gasteiger partial charge in [0.25, 0.3) is 0 Å². The van der Waals surface area contributed by atoms with Gasteiger partial charge in [-0.3, -0.25) is 4.99 Å². The number of ether oxygens (including phenoxy) is 1. The first-order valence-corrected chi connectivity index (χ1v) is 3.19. The van der Waals surface area contributed by atoms with E-state index in [9.17, 15) is 4.79 Å². The van der Waals surface area contributed by atoms with E-state index >= 15 is 0 Å². The molecule has 0 atom stereocenters. The molecule has 3 nitrogen and oxygen atoms in total. The van der Waals surface area contributed by atoms with Crippen LogP contribution in [0.15, 0.2) is 4.99 Å². The molecule has 0 rings (SSSR count). The topological polar surface area (TPSA) is 38.7 Å². The van der Waals surface area contributed by atoms with E-state index in [4.69, 9.17) is 0 Å². The smallest absolute Gasteiger partial charge is 0.373 e. The third-order valence-electron chi connectivity index (χ3n) is 0.421. The highest BCUT2D eigenvalue weighted by Crippen LogP contribution is 1.95. The zero-order valence-electron chi connectivity index (χ0n) is 4.75. The molecule has 0 saturated heterocycles. The van der Waals surface area contributed by atoms with Crippen molar-refractivity contribution in [3.63, 3.8) is 0 Å². The van der Waals surface area contributed by atoms with Gasteiger partial charge < -0.3 is 4.74 Å². The van der Waals surface area contributed by atoms with Crippen LogP contribution in [0.3, 0.4) is 0 Å². The normalized spacial score (nSPS) is 9.75. The van der Waals surface area contributed by atoms with Gasteiger partial charge >= 0.3 is 5.30 Å². The van der Waals surface area contributed by atoms with E-state index in [1.807, 2.05) is 0 Å². The Morgan fingerprint density at radius 2 is 2.50 bits per heavy atom. The van der Waals surface area contributed by atoms with E-state index in [1.54, 1.807) is 6.26 Å². The lowest BCUT2D eigenvalue weighted by Gasteiger charge is -1.88. The molecule has 0 radical (unpaired) electrons. The van der Waals surface area contributed by atoms with Crippen molar-refractivity contribution in [1.29, 1.82) is 0 Å². The highest BCUT2D eigenvalue weighted by Gasteiger charge is 1.92. The average Bonchev–Trinajstić information content (AvgIpc) is 1.83. The molecular formula is C4H7NO2S. The fourth-order valence-corrected chi connectivity index (χ4v) is 0.283. The Kier molecular flexibility index (Phi) is 4.35. The van der Waals surface area contributed by atoms with E-state index in [0.29, 0.717) is 0 Å². The molecule has 4 heteroatoms. The predicted molar refractivity (Wildman–Crippen MR) is 34.4 cm³/mol. The van der Waals surface area contributed by atoms with Gasteiger partial charge in [0, 0.05) is 7.05 Å². The van der Waals surface area contributed by atoms with Gasteiger partial charge in [-0.15, -0.1) is 0 Å². The zero-order valence-corrected chi connectivity index (χ0v) is 5.57. The minimum atomic E-state index is -0.337. The van der Waals surface area contributed by atoms with Crippen molar-refractivity contribution >= 4 is 23.5 Å². The summed E-state index contributed by atoms with van der Waals surface area (Å²) in [5.74, 6) is 0. The van der Waals surface area contributed by atoms with Gasteiger partial charge in [-0.2, -0.15) is 0 Å². The first-order chi connectivity index (χ1) is 3.81. The number of rotatable bonds is 1. The van der Waals surface area contributed by atoms with Crippen LogP contribution in [0.4, 0.5) is 4.79 Å². The summed E-state index contributed by atoms with van der Waals surface area (Å²) >= 11 is 1.01.